The molecule has 0 atom stereocenters. The van der Waals surface area contributed by atoms with Gasteiger partial charge in [-0.25, -0.2) is 9.97 Å². The van der Waals surface area contributed by atoms with Gasteiger partial charge in [0.1, 0.15) is 0 Å². The number of nitrogens with zero attached hydrogens (tertiary/aromatic N) is 2. The highest BCUT2D eigenvalue weighted by Crippen LogP contribution is 2.51. The first-order chi connectivity index (χ1) is 9.71. The number of methoxy groups -OCH3 is 1. The predicted octanol–water partition coefficient (Wildman–Crippen LogP) is 3.07. The number of aromatic nitrogens is 2. The van der Waals surface area contributed by atoms with E-state index >= 15 is 0 Å². The molecule has 0 saturated heterocycles. The van der Waals surface area contributed by atoms with Gasteiger partial charge in [-0.15, -0.1) is 0 Å². The van der Waals surface area contributed by atoms with E-state index in [0.29, 0.717) is 6.42 Å². The van der Waals surface area contributed by atoms with Crippen LogP contribution in [0.15, 0.2) is 35.6 Å². The fourth-order valence-corrected chi connectivity index (χ4v) is 3.29. The molecule has 0 unspecified atom stereocenters. The van der Waals surface area contributed by atoms with Crippen LogP contribution in [0.4, 0.5) is 0 Å². The van der Waals surface area contributed by atoms with E-state index in [1.54, 1.807) is 11.8 Å². The molecule has 0 N–H and O–H groups in total. The number of ether oxygens (including phenoxy) is 1. The summed E-state index contributed by atoms with van der Waals surface area (Å²) < 4.78 is 4.76. The molecule has 0 amide bonds. The molecule has 1 heterocycles. The van der Waals surface area contributed by atoms with Crippen LogP contribution in [0.2, 0.25) is 0 Å². The van der Waals surface area contributed by atoms with Gasteiger partial charge < -0.3 is 4.74 Å². The zero-order chi connectivity index (χ0) is 14.0. The first-order valence-electron chi connectivity index (χ1n) is 6.62. The summed E-state index contributed by atoms with van der Waals surface area (Å²) in [5.41, 5.74) is 1.06. The molecule has 3 rings (SSSR count). The lowest BCUT2D eigenvalue weighted by Gasteiger charge is -2.12. The van der Waals surface area contributed by atoms with Crippen LogP contribution in [0.5, 0.6) is 0 Å². The van der Waals surface area contributed by atoms with Crippen molar-refractivity contribution in [2.45, 2.75) is 24.4 Å². The Morgan fingerprint density at radius 2 is 2.20 bits per heavy atom. The third-order valence-electron chi connectivity index (χ3n) is 3.68. The van der Waals surface area contributed by atoms with Crippen molar-refractivity contribution < 1.29 is 9.53 Å². The van der Waals surface area contributed by atoms with Crippen LogP contribution in [-0.4, -0.2) is 28.8 Å². The predicted molar refractivity (Wildman–Crippen MR) is 78.6 cm³/mol. The number of thioether (sulfide) groups is 1. The minimum absolute atomic E-state index is 0.104. The van der Waals surface area contributed by atoms with Crippen LogP contribution in [0.3, 0.4) is 0 Å². The molecule has 1 aromatic heterocycles. The smallest absolute Gasteiger partial charge is 0.306 e. The lowest BCUT2D eigenvalue weighted by atomic mass is 10.1. The molecule has 4 nitrogen and oxygen atoms in total. The van der Waals surface area contributed by atoms with E-state index in [0.717, 1.165) is 34.7 Å². The molecule has 104 valence electrons. The number of hydrogen-bond donors (Lipinski definition) is 0. The van der Waals surface area contributed by atoms with Crippen molar-refractivity contribution in [1.82, 2.24) is 9.97 Å². The summed E-state index contributed by atoms with van der Waals surface area (Å²) in [5.74, 6) is 0.753. The molecule has 1 fully saturated rings. The van der Waals surface area contributed by atoms with Gasteiger partial charge in [-0.1, -0.05) is 30.0 Å². The second kappa shape index (κ2) is 5.40. The van der Waals surface area contributed by atoms with E-state index in [2.05, 4.69) is 9.97 Å². The van der Waals surface area contributed by atoms with Crippen LogP contribution in [0, 0.1) is 5.41 Å². The van der Waals surface area contributed by atoms with Crippen molar-refractivity contribution in [3.63, 3.8) is 0 Å². The maximum atomic E-state index is 11.4. The van der Waals surface area contributed by atoms with Crippen molar-refractivity contribution in [2.75, 3.05) is 12.9 Å². The Balaban J connectivity index is 1.66. The van der Waals surface area contributed by atoms with E-state index in [1.807, 2.05) is 30.5 Å². The van der Waals surface area contributed by atoms with Crippen molar-refractivity contribution >= 4 is 28.6 Å². The number of benzene rings is 1. The van der Waals surface area contributed by atoms with Crippen molar-refractivity contribution in [3.8, 4) is 0 Å². The molecule has 5 heteroatoms. The fraction of sp³-hybridized carbons (Fsp3) is 0.400. The molecule has 0 radical (unpaired) electrons. The monoisotopic (exact) mass is 288 g/mol. The Bertz CT molecular complexity index is 641. The molecule has 0 aliphatic heterocycles. The lowest BCUT2D eigenvalue weighted by Crippen LogP contribution is -2.13. The van der Waals surface area contributed by atoms with Gasteiger partial charge in [-0.3, -0.25) is 4.79 Å². The minimum atomic E-state index is -0.123. The summed E-state index contributed by atoms with van der Waals surface area (Å²) in [4.78, 5) is 20.3. The van der Waals surface area contributed by atoms with Crippen molar-refractivity contribution in [3.05, 3.63) is 30.5 Å². The number of carbonyl (C=O) groups is 1. The van der Waals surface area contributed by atoms with Gasteiger partial charge in [-0.2, -0.15) is 0 Å². The average molecular weight is 288 g/mol. The van der Waals surface area contributed by atoms with Gasteiger partial charge in [0.2, 0.25) is 0 Å². The van der Waals surface area contributed by atoms with Crippen LogP contribution >= 0.6 is 11.8 Å². The SMILES string of the molecule is COC(=O)CC1(CSc2ncc3ccccc3n2)CC1. The maximum absolute atomic E-state index is 11.4. The molecular weight excluding hydrogens is 272 g/mol. The maximum Gasteiger partial charge on any atom is 0.306 e. The van der Waals surface area contributed by atoms with Crippen LogP contribution < -0.4 is 0 Å². The highest BCUT2D eigenvalue weighted by Gasteiger charge is 2.44. The van der Waals surface area contributed by atoms with Crippen LogP contribution in [0.1, 0.15) is 19.3 Å². The number of carbonyl (C=O) groups excluding carboxylic acids is 1. The summed E-state index contributed by atoms with van der Waals surface area (Å²) >= 11 is 1.63. The van der Waals surface area contributed by atoms with Gasteiger partial charge >= 0.3 is 5.97 Å². The molecule has 1 aliphatic rings. The van der Waals surface area contributed by atoms with Gasteiger partial charge in [0.25, 0.3) is 0 Å². The zero-order valence-corrected chi connectivity index (χ0v) is 12.2. The summed E-state index contributed by atoms with van der Waals surface area (Å²) in [6.07, 6.45) is 4.53. The lowest BCUT2D eigenvalue weighted by molar-refractivity contribution is -0.141. The van der Waals surface area contributed by atoms with Gasteiger partial charge in [0.05, 0.1) is 19.0 Å². The second-order valence-corrected chi connectivity index (χ2v) is 6.20. The molecule has 2 aromatic rings. The number of para-hydroxylation sites is 1. The quantitative estimate of drug-likeness (QED) is 0.481. The number of fused-ring (bicyclic) bond motifs is 1. The van der Waals surface area contributed by atoms with Gasteiger partial charge in [0, 0.05) is 17.3 Å². The van der Waals surface area contributed by atoms with Crippen molar-refractivity contribution in [2.24, 2.45) is 5.41 Å². The summed E-state index contributed by atoms with van der Waals surface area (Å²) in [7, 11) is 1.44. The largest absolute Gasteiger partial charge is 0.469 e. The summed E-state index contributed by atoms with van der Waals surface area (Å²) in [5, 5.41) is 1.83. The Labute approximate surface area is 121 Å². The standard InChI is InChI=1S/C15H16N2O2S/c1-19-13(18)8-15(6-7-15)10-20-14-16-9-11-4-2-3-5-12(11)17-14/h2-5,9H,6-8,10H2,1H3. The van der Waals surface area contributed by atoms with E-state index in [1.165, 1.54) is 7.11 Å². The fourth-order valence-electron chi connectivity index (χ4n) is 2.17. The third-order valence-corrected chi connectivity index (χ3v) is 4.89. The number of rotatable bonds is 5. The normalized spacial score (nSPS) is 16.1. The molecule has 20 heavy (non-hydrogen) atoms. The van der Waals surface area contributed by atoms with Gasteiger partial charge in [-0.05, 0) is 24.3 Å². The number of hydrogen-bond acceptors (Lipinski definition) is 5. The van der Waals surface area contributed by atoms with Crippen LogP contribution in [-0.2, 0) is 9.53 Å². The summed E-state index contributed by atoms with van der Waals surface area (Å²) in [6.45, 7) is 0. The Morgan fingerprint density at radius 3 is 2.95 bits per heavy atom. The Hall–Kier alpha value is -1.62. The zero-order valence-electron chi connectivity index (χ0n) is 11.3. The topological polar surface area (TPSA) is 52.1 Å². The average Bonchev–Trinajstić information content (AvgIpc) is 3.25. The highest BCUT2D eigenvalue weighted by molar-refractivity contribution is 7.99. The van der Waals surface area contributed by atoms with Crippen molar-refractivity contribution in [1.29, 1.82) is 0 Å². The highest BCUT2D eigenvalue weighted by atomic mass is 32.2. The minimum Gasteiger partial charge on any atom is -0.469 e. The molecule has 1 saturated carbocycles. The van der Waals surface area contributed by atoms with E-state index in [4.69, 9.17) is 4.74 Å². The molecule has 1 aliphatic carbocycles. The van der Waals surface area contributed by atoms with Gasteiger partial charge in [0.15, 0.2) is 5.16 Å². The number of esters is 1. The first-order valence-corrected chi connectivity index (χ1v) is 7.61. The molecule has 0 bridgehead atoms. The van der Waals surface area contributed by atoms with E-state index < -0.39 is 0 Å². The van der Waals surface area contributed by atoms with Crippen LogP contribution in [0.25, 0.3) is 10.9 Å². The second-order valence-electron chi connectivity index (χ2n) is 5.25. The summed E-state index contributed by atoms with van der Waals surface area (Å²) in [6, 6.07) is 7.95. The van der Waals surface area contributed by atoms with E-state index in [9.17, 15) is 4.79 Å². The molecular formula is C15H16N2O2S. The first kappa shape index (κ1) is 13.4. The third kappa shape index (κ3) is 2.93. The Morgan fingerprint density at radius 1 is 1.40 bits per heavy atom. The molecule has 0 spiro atoms. The Kier molecular flexibility index (Phi) is 3.61. The van der Waals surface area contributed by atoms with E-state index in [-0.39, 0.29) is 11.4 Å². The molecule has 1 aromatic carbocycles.